The maximum Gasteiger partial charge on any atom is 0.315 e. The summed E-state index contributed by atoms with van der Waals surface area (Å²) in [5, 5.41) is 0. The van der Waals surface area contributed by atoms with E-state index in [1.165, 1.54) is 26.2 Å². The molecule has 0 aliphatic rings. The van der Waals surface area contributed by atoms with E-state index in [-0.39, 0.29) is 12.3 Å². The van der Waals surface area contributed by atoms with Crippen LogP contribution in [0.25, 0.3) is 0 Å². The number of nitrogens with zero attached hydrogens (tertiary/aromatic N) is 1. The average molecular weight is 267 g/mol. The fourth-order valence-corrected chi connectivity index (χ4v) is 1.49. The molecular weight excluding hydrogens is 250 g/mol. The first-order valence-electron chi connectivity index (χ1n) is 5.58. The lowest BCUT2D eigenvalue weighted by Gasteiger charge is -2.18. The van der Waals surface area contributed by atoms with Crippen molar-refractivity contribution in [1.29, 1.82) is 0 Å². The van der Waals surface area contributed by atoms with Gasteiger partial charge in [0.15, 0.2) is 11.5 Å². The third-order valence-corrected chi connectivity index (χ3v) is 2.65. The maximum atomic E-state index is 11.8. The third kappa shape index (κ3) is 3.61. The Bertz CT molecular complexity index is 472. The highest BCUT2D eigenvalue weighted by molar-refractivity contribution is 6.03. The highest BCUT2D eigenvalue weighted by Crippen LogP contribution is 2.31. The number of carbonyl (C=O) groups is 2. The monoisotopic (exact) mass is 267 g/mol. The minimum Gasteiger partial charge on any atom is -0.493 e. The Kier molecular flexibility index (Phi) is 5.17. The molecule has 1 aromatic rings. The quantitative estimate of drug-likeness (QED) is 0.593. The van der Waals surface area contributed by atoms with Crippen molar-refractivity contribution in [3.05, 3.63) is 18.2 Å². The second kappa shape index (κ2) is 6.63. The van der Waals surface area contributed by atoms with Crippen molar-refractivity contribution in [1.82, 2.24) is 0 Å². The number of amides is 1. The van der Waals surface area contributed by atoms with E-state index in [0.29, 0.717) is 17.2 Å². The van der Waals surface area contributed by atoms with Crippen LogP contribution in [0.3, 0.4) is 0 Å². The van der Waals surface area contributed by atoms with Crippen LogP contribution in [0.15, 0.2) is 18.2 Å². The van der Waals surface area contributed by atoms with Gasteiger partial charge in [0.05, 0.1) is 21.3 Å². The van der Waals surface area contributed by atoms with Gasteiger partial charge in [-0.15, -0.1) is 0 Å². The Labute approximate surface area is 111 Å². The number of anilines is 1. The van der Waals surface area contributed by atoms with Gasteiger partial charge >= 0.3 is 5.97 Å². The van der Waals surface area contributed by atoms with E-state index in [1.807, 2.05) is 0 Å². The Morgan fingerprint density at radius 2 is 1.74 bits per heavy atom. The van der Waals surface area contributed by atoms with E-state index in [1.54, 1.807) is 25.2 Å². The molecule has 0 saturated carbocycles. The number of methoxy groups -OCH3 is 3. The molecule has 0 N–H and O–H groups in total. The number of esters is 1. The maximum absolute atomic E-state index is 11.8. The normalized spacial score (nSPS) is 9.68. The Morgan fingerprint density at radius 3 is 2.26 bits per heavy atom. The molecule has 6 heteroatoms. The minimum atomic E-state index is -0.572. The van der Waals surface area contributed by atoms with Gasteiger partial charge in [-0.3, -0.25) is 9.59 Å². The summed E-state index contributed by atoms with van der Waals surface area (Å²) in [5.41, 5.74) is 0.603. The van der Waals surface area contributed by atoms with Crippen LogP contribution >= 0.6 is 0 Å². The van der Waals surface area contributed by atoms with Crippen LogP contribution in [0.1, 0.15) is 6.42 Å². The molecule has 0 bridgehead atoms. The molecule has 6 nitrogen and oxygen atoms in total. The second-order valence-corrected chi connectivity index (χ2v) is 3.74. The lowest BCUT2D eigenvalue weighted by molar-refractivity contribution is -0.143. The molecule has 0 aliphatic heterocycles. The van der Waals surface area contributed by atoms with Crippen molar-refractivity contribution in [3.63, 3.8) is 0 Å². The summed E-state index contributed by atoms with van der Waals surface area (Å²) in [4.78, 5) is 24.2. The van der Waals surface area contributed by atoms with Crippen LogP contribution in [0, 0.1) is 0 Å². The summed E-state index contributed by atoms with van der Waals surface area (Å²) in [7, 11) is 5.86. The molecule has 0 saturated heterocycles. The van der Waals surface area contributed by atoms with Gasteiger partial charge in [-0.1, -0.05) is 0 Å². The van der Waals surface area contributed by atoms with Crippen molar-refractivity contribution >= 4 is 17.6 Å². The van der Waals surface area contributed by atoms with E-state index in [4.69, 9.17) is 9.47 Å². The summed E-state index contributed by atoms with van der Waals surface area (Å²) in [6.07, 6.45) is -0.304. The summed E-state index contributed by atoms with van der Waals surface area (Å²) >= 11 is 0. The smallest absolute Gasteiger partial charge is 0.315 e. The zero-order chi connectivity index (χ0) is 14.4. The summed E-state index contributed by atoms with van der Waals surface area (Å²) in [6, 6.07) is 5.06. The molecule has 0 heterocycles. The zero-order valence-corrected chi connectivity index (χ0v) is 11.4. The molecule has 0 unspecified atom stereocenters. The fraction of sp³-hybridized carbons (Fsp3) is 0.385. The number of carbonyl (C=O) groups excluding carboxylic acids is 2. The average Bonchev–Trinajstić information content (AvgIpc) is 2.45. The third-order valence-electron chi connectivity index (χ3n) is 2.65. The molecule has 0 spiro atoms. The number of hydrogen-bond acceptors (Lipinski definition) is 5. The van der Waals surface area contributed by atoms with E-state index >= 15 is 0 Å². The predicted octanol–water partition coefficient (Wildman–Crippen LogP) is 1.23. The van der Waals surface area contributed by atoms with Crippen molar-refractivity contribution in [2.45, 2.75) is 6.42 Å². The van der Waals surface area contributed by atoms with Gasteiger partial charge in [-0.05, 0) is 12.1 Å². The molecule has 104 valence electrons. The van der Waals surface area contributed by atoms with Crippen LogP contribution < -0.4 is 14.4 Å². The fourth-order valence-electron chi connectivity index (χ4n) is 1.49. The first kappa shape index (κ1) is 14.8. The van der Waals surface area contributed by atoms with Gasteiger partial charge < -0.3 is 19.1 Å². The van der Waals surface area contributed by atoms with E-state index < -0.39 is 5.97 Å². The van der Waals surface area contributed by atoms with Crippen LogP contribution in [-0.4, -0.2) is 40.3 Å². The van der Waals surface area contributed by atoms with Gasteiger partial charge in [-0.25, -0.2) is 0 Å². The van der Waals surface area contributed by atoms with Gasteiger partial charge in [0.25, 0.3) is 0 Å². The number of rotatable bonds is 5. The van der Waals surface area contributed by atoms with Gasteiger partial charge in [0, 0.05) is 18.8 Å². The highest BCUT2D eigenvalue weighted by Gasteiger charge is 2.17. The first-order valence-corrected chi connectivity index (χ1v) is 5.58. The van der Waals surface area contributed by atoms with Gasteiger partial charge in [0.1, 0.15) is 6.42 Å². The highest BCUT2D eigenvalue weighted by atomic mass is 16.5. The topological polar surface area (TPSA) is 65.1 Å². The van der Waals surface area contributed by atoms with Crippen LogP contribution in [0.5, 0.6) is 11.5 Å². The molecule has 0 aliphatic carbocycles. The standard InChI is InChI=1S/C13H17NO5/c1-14(12(15)8-13(16)19-4)9-5-6-10(17-2)11(7-9)18-3/h5-7H,8H2,1-4H3. The number of benzene rings is 1. The van der Waals surface area contributed by atoms with Crippen molar-refractivity contribution in [2.75, 3.05) is 33.3 Å². The number of ether oxygens (including phenoxy) is 3. The summed E-state index contributed by atoms with van der Waals surface area (Å²) < 4.78 is 14.7. The molecule has 1 rings (SSSR count). The van der Waals surface area contributed by atoms with Crippen molar-refractivity contribution in [3.8, 4) is 11.5 Å². The zero-order valence-electron chi connectivity index (χ0n) is 11.4. The molecule has 0 fully saturated rings. The number of hydrogen-bond donors (Lipinski definition) is 0. The first-order chi connectivity index (χ1) is 9.03. The second-order valence-electron chi connectivity index (χ2n) is 3.74. The Balaban J connectivity index is 2.90. The lowest BCUT2D eigenvalue weighted by atomic mass is 10.2. The molecular formula is C13H17NO5. The largest absolute Gasteiger partial charge is 0.493 e. The van der Waals surface area contributed by atoms with Gasteiger partial charge in [0.2, 0.25) is 5.91 Å². The molecule has 0 radical (unpaired) electrons. The van der Waals surface area contributed by atoms with E-state index in [9.17, 15) is 9.59 Å². The minimum absolute atomic E-state index is 0.304. The lowest BCUT2D eigenvalue weighted by Crippen LogP contribution is -2.28. The van der Waals surface area contributed by atoms with Crippen molar-refractivity contribution < 1.29 is 23.8 Å². The molecule has 19 heavy (non-hydrogen) atoms. The summed E-state index contributed by atoms with van der Waals surface area (Å²) in [6.45, 7) is 0. The van der Waals surface area contributed by atoms with Gasteiger partial charge in [-0.2, -0.15) is 0 Å². The van der Waals surface area contributed by atoms with E-state index in [0.717, 1.165) is 0 Å². The predicted molar refractivity (Wildman–Crippen MR) is 69.6 cm³/mol. The SMILES string of the molecule is COC(=O)CC(=O)N(C)c1ccc(OC)c(OC)c1. The molecule has 1 aromatic carbocycles. The Hall–Kier alpha value is -2.24. The van der Waals surface area contributed by atoms with Crippen LogP contribution in [-0.2, 0) is 14.3 Å². The summed E-state index contributed by atoms with van der Waals surface area (Å²) in [5.74, 6) is 0.147. The molecule has 0 aromatic heterocycles. The molecule has 1 amide bonds. The molecule has 0 atom stereocenters. The van der Waals surface area contributed by atoms with Crippen LogP contribution in [0.2, 0.25) is 0 Å². The van der Waals surface area contributed by atoms with Crippen molar-refractivity contribution in [2.24, 2.45) is 0 Å². The van der Waals surface area contributed by atoms with Crippen LogP contribution in [0.4, 0.5) is 5.69 Å². The van der Waals surface area contributed by atoms with E-state index in [2.05, 4.69) is 4.74 Å². The Morgan fingerprint density at radius 1 is 1.11 bits per heavy atom.